The second kappa shape index (κ2) is 3.73. The third kappa shape index (κ3) is 1.77. The summed E-state index contributed by atoms with van der Waals surface area (Å²) in [4.78, 5) is 8.07. The van der Waals surface area contributed by atoms with Gasteiger partial charge in [0.1, 0.15) is 24.5 Å². The molecule has 1 aliphatic carbocycles. The first kappa shape index (κ1) is 11.6. The molecule has 1 spiro atoms. The quantitative estimate of drug-likeness (QED) is 0.854. The number of aromatic nitrogens is 2. The molecule has 2 aliphatic rings. The number of rotatable bonds is 2. The van der Waals surface area contributed by atoms with Crippen LogP contribution >= 0.6 is 0 Å². The van der Waals surface area contributed by atoms with Gasteiger partial charge in [0.2, 0.25) is 0 Å². The topological polar surface area (TPSA) is 49.8 Å². The Morgan fingerprint density at radius 3 is 2.72 bits per heavy atom. The van der Waals surface area contributed by atoms with Crippen molar-refractivity contribution in [3.63, 3.8) is 0 Å². The Bertz CT molecular complexity index is 468. The molecule has 0 saturated heterocycles. The molecular weight excluding hydrogens is 245 g/mol. The summed E-state index contributed by atoms with van der Waals surface area (Å²) in [5, 5.41) is 5.55. The minimum atomic E-state index is -4.24. The van der Waals surface area contributed by atoms with Crippen LogP contribution in [0.5, 0.6) is 0 Å². The molecule has 1 aromatic heterocycles. The summed E-state index contributed by atoms with van der Waals surface area (Å²) in [5.74, 6) is 0.997. The lowest BCUT2D eigenvalue weighted by molar-refractivity contribution is -0.115. The first-order valence-electron chi connectivity index (χ1n) is 5.90. The van der Waals surface area contributed by atoms with E-state index in [1.165, 1.54) is 6.33 Å². The second-order valence-corrected chi connectivity index (χ2v) is 4.90. The lowest BCUT2D eigenvalue weighted by Gasteiger charge is -2.38. The summed E-state index contributed by atoms with van der Waals surface area (Å²) in [6, 6.07) is 0. The highest BCUT2D eigenvalue weighted by Crippen LogP contribution is 2.51. The molecule has 0 atom stereocenters. The highest BCUT2D eigenvalue weighted by molar-refractivity contribution is 5.66. The van der Waals surface area contributed by atoms with Crippen molar-refractivity contribution in [2.45, 2.75) is 30.9 Å². The van der Waals surface area contributed by atoms with Crippen molar-refractivity contribution in [2.24, 2.45) is 0 Å². The predicted octanol–water partition coefficient (Wildman–Crippen LogP) is 2.30. The van der Waals surface area contributed by atoms with Crippen molar-refractivity contribution in [1.29, 1.82) is 0 Å². The van der Waals surface area contributed by atoms with Crippen molar-refractivity contribution in [2.75, 3.05) is 23.7 Å². The highest BCUT2D eigenvalue weighted by Gasteiger charge is 2.47. The van der Waals surface area contributed by atoms with Crippen LogP contribution in [0, 0.1) is 0 Å². The molecule has 3 rings (SSSR count). The Labute approximate surface area is 102 Å². The van der Waals surface area contributed by atoms with E-state index in [0.29, 0.717) is 11.6 Å². The Balaban J connectivity index is 1.90. The molecule has 0 amide bonds. The van der Waals surface area contributed by atoms with Gasteiger partial charge in [-0.15, -0.1) is 0 Å². The van der Waals surface area contributed by atoms with Crippen LogP contribution in [0.4, 0.5) is 24.8 Å². The molecule has 0 bridgehead atoms. The Hall–Kier alpha value is -1.53. The minimum absolute atomic E-state index is 0.0511. The van der Waals surface area contributed by atoms with Gasteiger partial charge in [-0.3, -0.25) is 0 Å². The van der Waals surface area contributed by atoms with E-state index in [1.54, 1.807) is 0 Å². The van der Waals surface area contributed by atoms with E-state index in [-0.39, 0.29) is 5.41 Å². The molecule has 98 valence electrons. The van der Waals surface area contributed by atoms with Gasteiger partial charge in [0.05, 0.1) is 0 Å². The summed E-state index contributed by atoms with van der Waals surface area (Å²) >= 11 is 0. The summed E-state index contributed by atoms with van der Waals surface area (Å²) in [6.07, 6.45) is 0.135. The van der Waals surface area contributed by atoms with E-state index < -0.39 is 12.7 Å². The van der Waals surface area contributed by atoms with Crippen molar-refractivity contribution < 1.29 is 13.2 Å². The summed E-state index contributed by atoms with van der Waals surface area (Å²) in [6.45, 7) is -0.311. The normalized spacial score (nSPS) is 20.2. The van der Waals surface area contributed by atoms with Gasteiger partial charge in [0.15, 0.2) is 0 Å². The van der Waals surface area contributed by atoms with Crippen LogP contribution in [-0.2, 0) is 5.41 Å². The van der Waals surface area contributed by atoms with Crippen molar-refractivity contribution in [3.8, 4) is 0 Å². The molecule has 1 fully saturated rings. The first-order valence-corrected chi connectivity index (χ1v) is 5.90. The van der Waals surface area contributed by atoms with Crippen molar-refractivity contribution in [1.82, 2.24) is 9.97 Å². The molecule has 1 saturated carbocycles. The van der Waals surface area contributed by atoms with E-state index in [2.05, 4.69) is 20.6 Å². The van der Waals surface area contributed by atoms with Gasteiger partial charge >= 0.3 is 6.18 Å². The van der Waals surface area contributed by atoms with E-state index in [0.717, 1.165) is 31.4 Å². The zero-order valence-corrected chi connectivity index (χ0v) is 9.64. The van der Waals surface area contributed by atoms with Gasteiger partial charge in [-0.25, -0.2) is 9.97 Å². The standard InChI is InChI=1S/C11H13F3N4/c12-11(13,14)5-16-9-7-8(17-6-18-9)15-4-10(7)2-1-3-10/h6H,1-5H2,(H2,15,16,17,18). The number of nitrogens with one attached hydrogen (secondary N) is 2. The smallest absolute Gasteiger partial charge is 0.369 e. The number of fused-ring (bicyclic) bond motifs is 2. The van der Waals surface area contributed by atoms with Crippen molar-refractivity contribution in [3.05, 3.63) is 11.9 Å². The Morgan fingerprint density at radius 2 is 2.11 bits per heavy atom. The average molecular weight is 258 g/mol. The van der Waals surface area contributed by atoms with Gasteiger partial charge in [-0.1, -0.05) is 6.42 Å². The third-order valence-corrected chi connectivity index (χ3v) is 3.74. The largest absolute Gasteiger partial charge is 0.405 e. The highest BCUT2D eigenvalue weighted by atomic mass is 19.4. The molecule has 1 aliphatic heterocycles. The van der Waals surface area contributed by atoms with Crippen LogP contribution in [0.1, 0.15) is 24.8 Å². The van der Waals surface area contributed by atoms with E-state index in [4.69, 9.17) is 0 Å². The molecule has 2 N–H and O–H groups in total. The van der Waals surface area contributed by atoms with Crippen molar-refractivity contribution >= 4 is 11.6 Å². The third-order valence-electron chi connectivity index (χ3n) is 3.74. The number of nitrogens with zero attached hydrogens (tertiary/aromatic N) is 2. The number of halogens is 3. The summed E-state index contributed by atoms with van der Waals surface area (Å²) in [5.41, 5.74) is 0.783. The van der Waals surface area contributed by atoms with Gasteiger partial charge in [0, 0.05) is 17.5 Å². The maximum Gasteiger partial charge on any atom is 0.405 e. The van der Waals surface area contributed by atoms with E-state index in [9.17, 15) is 13.2 Å². The Morgan fingerprint density at radius 1 is 1.33 bits per heavy atom. The van der Waals surface area contributed by atoms with E-state index in [1.807, 2.05) is 0 Å². The Kier molecular flexibility index (Phi) is 2.39. The monoisotopic (exact) mass is 258 g/mol. The molecule has 0 aromatic carbocycles. The fourth-order valence-electron chi connectivity index (χ4n) is 2.71. The minimum Gasteiger partial charge on any atom is -0.369 e. The molecular formula is C11H13F3N4. The second-order valence-electron chi connectivity index (χ2n) is 4.90. The molecule has 7 heteroatoms. The zero-order valence-electron chi connectivity index (χ0n) is 9.64. The number of hydrogen-bond donors (Lipinski definition) is 2. The molecule has 18 heavy (non-hydrogen) atoms. The maximum absolute atomic E-state index is 12.3. The van der Waals surface area contributed by atoms with E-state index >= 15 is 0 Å². The number of hydrogen-bond acceptors (Lipinski definition) is 4. The predicted molar refractivity (Wildman–Crippen MR) is 60.6 cm³/mol. The zero-order chi connectivity index (χ0) is 12.8. The molecule has 4 nitrogen and oxygen atoms in total. The van der Waals surface area contributed by atoms with Crippen LogP contribution < -0.4 is 10.6 Å². The molecule has 0 unspecified atom stereocenters. The number of anilines is 2. The van der Waals surface area contributed by atoms with Crippen LogP contribution in [0.25, 0.3) is 0 Å². The fraction of sp³-hybridized carbons (Fsp3) is 0.636. The summed E-state index contributed by atoms with van der Waals surface area (Å²) < 4.78 is 36.8. The van der Waals surface area contributed by atoms with Crippen LogP contribution in [0.15, 0.2) is 6.33 Å². The van der Waals surface area contributed by atoms with Gasteiger partial charge in [0.25, 0.3) is 0 Å². The molecule has 1 aromatic rings. The lowest BCUT2D eigenvalue weighted by atomic mass is 9.66. The summed E-state index contributed by atoms with van der Waals surface area (Å²) in [7, 11) is 0. The van der Waals surface area contributed by atoms with Crippen LogP contribution in [-0.4, -0.2) is 29.2 Å². The molecule has 0 radical (unpaired) electrons. The molecule has 2 heterocycles. The first-order chi connectivity index (χ1) is 8.50. The SMILES string of the molecule is FC(F)(F)CNc1ncnc2c1C1(CCC1)CN2. The average Bonchev–Trinajstić information content (AvgIpc) is 2.64. The van der Waals surface area contributed by atoms with Crippen LogP contribution in [0.2, 0.25) is 0 Å². The van der Waals surface area contributed by atoms with Gasteiger partial charge in [-0.2, -0.15) is 13.2 Å². The van der Waals surface area contributed by atoms with Gasteiger partial charge < -0.3 is 10.6 Å². The van der Waals surface area contributed by atoms with Gasteiger partial charge in [-0.05, 0) is 12.8 Å². The maximum atomic E-state index is 12.3. The number of alkyl halides is 3. The lowest BCUT2D eigenvalue weighted by Crippen LogP contribution is -2.37. The fourth-order valence-corrected chi connectivity index (χ4v) is 2.71. The van der Waals surface area contributed by atoms with Crippen LogP contribution in [0.3, 0.4) is 0 Å².